The first-order chi connectivity index (χ1) is 14.8. The molecule has 1 aliphatic carbocycles. The predicted octanol–water partition coefficient (Wildman–Crippen LogP) is 2.38. The van der Waals surface area contributed by atoms with E-state index < -0.39 is 5.91 Å². The van der Waals surface area contributed by atoms with Crippen molar-refractivity contribution in [2.75, 3.05) is 17.3 Å². The van der Waals surface area contributed by atoms with Crippen molar-refractivity contribution in [3.63, 3.8) is 0 Å². The van der Waals surface area contributed by atoms with Crippen molar-refractivity contribution in [3.8, 4) is 0 Å². The maximum atomic E-state index is 11.9. The van der Waals surface area contributed by atoms with Gasteiger partial charge >= 0.3 is 0 Å². The smallest absolute Gasteiger partial charge is 0.273 e. The number of benzene rings is 1. The van der Waals surface area contributed by atoms with Crippen molar-refractivity contribution in [2.24, 2.45) is 5.73 Å². The number of primary amides is 1. The van der Waals surface area contributed by atoms with Gasteiger partial charge in [-0.1, -0.05) is 12.6 Å². The molecule has 9 nitrogen and oxygen atoms in total. The largest absolute Gasteiger partial charge is 0.364 e. The zero-order chi connectivity index (χ0) is 22.5. The van der Waals surface area contributed by atoms with Crippen LogP contribution < -0.4 is 21.3 Å². The fourth-order valence-electron chi connectivity index (χ4n) is 3.75. The average molecular weight is 424 g/mol. The molecule has 31 heavy (non-hydrogen) atoms. The van der Waals surface area contributed by atoms with E-state index in [2.05, 4.69) is 32.4 Å². The summed E-state index contributed by atoms with van der Waals surface area (Å²) < 4.78 is 0. The SMILES string of the molecule is C=CC(=O)NC1CCC[C@@H](N(C)c2nnc(C(N)=O)c(Nc3ccc(C)c(C)c3)n2)C1. The molecule has 1 aromatic heterocycles. The van der Waals surface area contributed by atoms with E-state index >= 15 is 0 Å². The average Bonchev–Trinajstić information content (AvgIpc) is 2.75. The number of carbonyl (C=O) groups is 2. The van der Waals surface area contributed by atoms with E-state index in [1.54, 1.807) is 0 Å². The summed E-state index contributed by atoms with van der Waals surface area (Å²) in [5.41, 5.74) is 8.52. The Morgan fingerprint density at radius 2 is 2.00 bits per heavy atom. The molecule has 0 saturated heterocycles. The number of rotatable bonds is 7. The first-order valence-corrected chi connectivity index (χ1v) is 10.3. The van der Waals surface area contributed by atoms with Crippen LogP contribution >= 0.6 is 0 Å². The van der Waals surface area contributed by atoms with E-state index in [0.29, 0.717) is 5.95 Å². The second-order valence-electron chi connectivity index (χ2n) is 7.94. The number of nitrogens with two attached hydrogens (primary N) is 1. The summed E-state index contributed by atoms with van der Waals surface area (Å²) in [4.78, 5) is 30.0. The standard InChI is InChI=1S/C22H29N7O2/c1-5-18(30)24-15-7-6-8-17(12-15)29(4)22-26-21(19(20(23)31)27-28-22)25-16-10-9-13(2)14(3)11-16/h5,9-11,15,17H,1,6-8,12H2,2-4H3,(H2,23,31)(H,24,30)(H,25,26,28)/t15?,17-/m1/s1. The molecule has 1 saturated carbocycles. The highest BCUT2D eigenvalue weighted by Gasteiger charge is 2.28. The summed E-state index contributed by atoms with van der Waals surface area (Å²) in [6.45, 7) is 7.55. The number of aromatic nitrogens is 3. The molecule has 1 fully saturated rings. The number of hydrogen-bond donors (Lipinski definition) is 3. The lowest BCUT2D eigenvalue weighted by molar-refractivity contribution is -0.117. The van der Waals surface area contributed by atoms with Gasteiger partial charge in [-0.3, -0.25) is 9.59 Å². The van der Waals surface area contributed by atoms with Crippen LogP contribution in [0.1, 0.15) is 47.3 Å². The monoisotopic (exact) mass is 423 g/mol. The highest BCUT2D eigenvalue weighted by atomic mass is 16.2. The fraction of sp³-hybridized carbons (Fsp3) is 0.409. The first kappa shape index (κ1) is 22.2. The number of aryl methyl sites for hydroxylation is 2. The van der Waals surface area contributed by atoms with Crippen LogP contribution in [-0.2, 0) is 4.79 Å². The van der Waals surface area contributed by atoms with Crippen LogP contribution in [0.3, 0.4) is 0 Å². The van der Waals surface area contributed by atoms with Crippen LogP contribution in [0.15, 0.2) is 30.9 Å². The normalized spacial score (nSPS) is 18.2. The van der Waals surface area contributed by atoms with Gasteiger partial charge in [-0.05, 0) is 68.9 Å². The Kier molecular flexibility index (Phi) is 6.84. The van der Waals surface area contributed by atoms with Crippen LogP contribution in [0.25, 0.3) is 0 Å². The molecule has 2 atom stereocenters. The number of hydrogen-bond acceptors (Lipinski definition) is 7. The minimum Gasteiger partial charge on any atom is -0.364 e. The lowest BCUT2D eigenvalue weighted by Crippen LogP contribution is -2.45. The van der Waals surface area contributed by atoms with E-state index in [1.807, 2.05) is 44.0 Å². The Balaban J connectivity index is 1.83. The molecule has 1 aromatic carbocycles. The Hall–Kier alpha value is -3.49. The number of nitrogens with one attached hydrogen (secondary N) is 2. The number of amides is 2. The number of nitrogens with zero attached hydrogens (tertiary/aromatic N) is 4. The Morgan fingerprint density at radius 1 is 1.23 bits per heavy atom. The second kappa shape index (κ2) is 9.55. The van der Waals surface area contributed by atoms with Gasteiger partial charge in [-0.15, -0.1) is 10.2 Å². The molecule has 1 unspecified atom stereocenters. The Bertz CT molecular complexity index is 992. The molecule has 3 rings (SSSR count). The summed E-state index contributed by atoms with van der Waals surface area (Å²) in [6.07, 6.45) is 4.88. The van der Waals surface area contributed by atoms with Gasteiger partial charge in [0.05, 0.1) is 0 Å². The van der Waals surface area contributed by atoms with Gasteiger partial charge in [0.15, 0.2) is 11.5 Å². The van der Waals surface area contributed by atoms with Gasteiger partial charge in [0, 0.05) is 24.8 Å². The first-order valence-electron chi connectivity index (χ1n) is 10.3. The van der Waals surface area contributed by atoms with E-state index in [4.69, 9.17) is 5.73 Å². The Labute approximate surface area is 182 Å². The summed E-state index contributed by atoms with van der Waals surface area (Å²) in [5, 5.41) is 14.3. The Morgan fingerprint density at radius 3 is 2.68 bits per heavy atom. The van der Waals surface area contributed by atoms with Gasteiger partial charge in [-0.25, -0.2) is 0 Å². The van der Waals surface area contributed by atoms with E-state index in [0.717, 1.165) is 42.5 Å². The zero-order valence-corrected chi connectivity index (χ0v) is 18.2. The summed E-state index contributed by atoms with van der Waals surface area (Å²) in [6, 6.07) is 6.06. The molecule has 1 aliphatic rings. The molecule has 0 spiro atoms. The van der Waals surface area contributed by atoms with Gasteiger partial charge in [0.1, 0.15) is 0 Å². The predicted molar refractivity (Wildman–Crippen MR) is 120 cm³/mol. The third-order valence-electron chi connectivity index (χ3n) is 5.72. The van der Waals surface area contributed by atoms with Crippen molar-refractivity contribution >= 4 is 29.3 Å². The van der Waals surface area contributed by atoms with E-state index in [-0.39, 0.29) is 29.5 Å². The maximum Gasteiger partial charge on any atom is 0.273 e. The number of anilines is 3. The summed E-state index contributed by atoms with van der Waals surface area (Å²) in [7, 11) is 1.89. The molecule has 9 heteroatoms. The topological polar surface area (TPSA) is 126 Å². The maximum absolute atomic E-state index is 11.9. The van der Waals surface area contributed by atoms with Crippen LogP contribution in [0.2, 0.25) is 0 Å². The molecule has 0 radical (unpaired) electrons. The molecule has 164 valence electrons. The van der Waals surface area contributed by atoms with Crippen LogP contribution in [-0.4, -0.2) is 46.1 Å². The lowest BCUT2D eigenvalue weighted by Gasteiger charge is -2.35. The van der Waals surface area contributed by atoms with Crippen LogP contribution in [0, 0.1) is 13.8 Å². The third kappa shape index (κ3) is 5.36. The van der Waals surface area contributed by atoms with Gasteiger partial charge < -0.3 is 21.3 Å². The minimum absolute atomic E-state index is 0.0184. The zero-order valence-electron chi connectivity index (χ0n) is 18.2. The van der Waals surface area contributed by atoms with E-state index in [1.165, 1.54) is 6.08 Å². The summed E-state index contributed by atoms with van der Waals surface area (Å²) >= 11 is 0. The van der Waals surface area contributed by atoms with E-state index in [9.17, 15) is 9.59 Å². The second-order valence-corrected chi connectivity index (χ2v) is 7.94. The lowest BCUT2D eigenvalue weighted by atomic mass is 9.90. The molecular formula is C22H29N7O2. The van der Waals surface area contributed by atoms with Crippen molar-refractivity contribution < 1.29 is 9.59 Å². The van der Waals surface area contributed by atoms with Crippen molar-refractivity contribution in [2.45, 2.75) is 51.6 Å². The van der Waals surface area contributed by atoms with Crippen molar-refractivity contribution in [1.29, 1.82) is 0 Å². The highest BCUT2D eigenvalue weighted by molar-refractivity contribution is 5.96. The van der Waals surface area contributed by atoms with Crippen molar-refractivity contribution in [1.82, 2.24) is 20.5 Å². The molecule has 1 heterocycles. The summed E-state index contributed by atoms with van der Waals surface area (Å²) in [5.74, 6) is -0.223. The van der Waals surface area contributed by atoms with Crippen molar-refractivity contribution in [3.05, 3.63) is 47.7 Å². The van der Waals surface area contributed by atoms with Crippen LogP contribution in [0.5, 0.6) is 0 Å². The van der Waals surface area contributed by atoms with Gasteiger partial charge in [0.2, 0.25) is 11.9 Å². The third-order valence-corrected chi connectivity index (χ3v) is 5.72. The minimum atomic E-state index is -0.703. The molecule has 2 amide bonds. The highest BCUT2D eigenvalue weighted by Crippen LogP contribution is 2.26. The van der Waals surface area contributed by atoms with Crippen LogP contribution in [0.4, 0.5) is 17.5 Å². The molecule has 4 N–H and O–H groups in total. The quantitative estimate of drug-likeness (QED) is 0.584. The van der Waals surface area contributed by atoms with Gasteiger partial charge in [0.25, 0.3) is 5.91 Å². The number of carbonyl (C=O) groups excluding carboxylic acids is 2. The molecular weight excluding hydrogens is 394 g/mol. The molecule has 0 bridgehead atoms. The fourth-order valence-corrected chi connectivity index (χ4v) is 3.75. The van der Waals surface area contributed by atoms with Gasteiger partial charge in [-0.2, -0.15) is 4.98 Å². The molecule has 2 aromatic rings. The molecule has 0 aliphatic heterocycles.